The lowest BCUT2D eigenvalue weighted by molar-refractivity contribution is -0.385. The number of nitro benzene ring substituents is 1. The first-order valence-electron chi connectivity index (χ1n) is 7.21. The van der Waals surface area contributed by atoms with Crippen molar-refractivity contribution < 1.29 is 9.66 Å². The number of nitriles is 2. The Morgan fingerprint density at radius 2 is 1.76 bits per heavy atom. The summed E-state index contributed by atoms with van der Waals surface area (Å²) in [6, 6.07) is 16.8. The number of methoxy groups -OCH3 is 1. The van der Waals surface area contributed by atoms with E-state index in [4.69, 9.17) is 4.74 Å². The van der Waals surface area contributed by atoms with Gasteiger partial charge in [0.25, 0.3) is 5.69 Å². The van der Waals surface area contributed by atoms with E-state index >= 15 is 0 Å². The minimum absolute atomic E-state index is 0.0525. The van der Waals surface area contributed by atoms with E-state index in [0.717, 1.165) is 0 Å². The molecule has 0 spiro atoms. The molecule has 0 aromatic heterocycles. The Balaban J connectivity index is 2.52. The van der Waals surface area contributed by atoms with Gasteiger partial charge in [-0.1, -0.05) is 30.3 Å². The van der Waals surface area contributed by atoms with Gasteiger partial charge in [0, 0.05) is 11.6 Å². The molecule has 0 saturated heterocycles. The maximum absolute atomic E-state index is 11.1. The summed E-state index contributed by atoms with van der Waals surface area (Å²) in [5.41, 5.74) is 1.26. The molecule has 0 amide bonds. The van der Waals surface area contributed by atoms with E-state index in [1.807, 2.05) is 12.1 Å². The van der Waals surface area contributed by atoms with Crippen molar-refractivity contribution >= 4 is 17.3 Å². The second-order valence-electron chi connectivity index (χ2n) is 4.89. The Morgan fingerprint density at radius 3 is 2.32 bits per heavy atom. The summed E-state index contributed by atoms with van der Waals surface area (Å²) in [4.78, 5) is 10.6. The minimum atomic E-state index is -0.480. The van der Waals surface area contributed by atoms with Crippen LogP contribution in [0.1, 0.15) is 11.1 Å². The van der Waals surface area contributed by atoms with Crippen molar-refractivity contribution in [2.45, 2.75) is 0 Å². The highest BCUT2D eigenvalue weighted by Gasteiger charge is 2.11. The predicted octanol–water partition coefficient (Wildman–Crippen LogP) is 4.12. The third kappa shape index (κ3) is 4.10. The largest absolute Gasteiger partial charge is 0.497 e. The molecular weight excluding hydrogens is 318 g/mol. The van der Waals surface area contributed by atoms with Gasteiger partial charge in [-0.2, -0.15) is 10.5 Å². The Bertz CT molecular complexity index is 914. The summed E-state index contributed by atoms with van der Waals surface area (Å²) in [7, 11) is 1.54. The second-order valence-corrected chi connectivity index (χ2v) is 4.89. The highest BCUT2D eigenvalue weighted by molar-refractivity contribution is 5.86. The van der Waals surface area contributed by atoms with Gasteiger partial charge in [0.2, 0.25) is 0 Å². The summed E-state index contributed by atoms with van der Waals surface area (Å²) < 4.78 is 5.09. The van der Waals surface area contributed by atoms with Gasteiger partial charge in [-0.15, -0.1) is 0 Å². The van der Waals surface area contributed by atoms with Crippen molar-refractivity contribution in [3.63, 3.8) is 0 Å². The SMILES string of the molecule is COc1ccc(C(/C=C/c2ccccc2[N+](=O)[O-])=C(C#N)C#N)cc1. The van der Waals surface area contributed by atoms with Crippen molar-refractivity contribution in [1.82, 2.24) is 0 Å². The summed E-state index contributed by atoms with van der Waals surface area (Å²) in [6.45, 7) is 0. The maximum atomic E-state index is 11.1. The highest BCUT2D eigenvalue weighted by Crippen LogP contribution is 2.26. The summed E-state index contributed by atoms with van der Waals surface area (Å²) in [5.74, 6) is 0.640. The van der Waals surface area contributed by atoms with Crippen molar-refractivity contribution in [3.05, 3.63) is 81.4 Å². The molecular formula is C19H13N3O3. The van der Waals surface area contributed by atoms with Gasteiger partial charge in [-0.3, -0.25) is 10.1 Å². The lowest BCUT2D eigenvalue weighted by Crippen LogP contribution is -1.91. The Labute approximate surface area is 144 Å². The van der Waals surface area contributed by atoms with Crippen LogP contribution < -0.4 is 4.74 Å². The van der Waals surface area contributed by atoms with Crippen LogP contribution in [-0.4, -0.2) is 12.0 Å². The molecule has 0 aliphatic heterocycles. The van der Waals surface area contributed by atoms with Gasteiger partial charge in [0.15, 0.2) is 0 Å². The topological polar surface area (TPSA) is 99.9 Å². The third-order valence-corrected chi connectivity index (χ3v) is 3.46. The number of hydrogen-bond acceptors (Lipinski definition) is 5. The van der Waals surface area contributed by atoms with Crippen LogP contribution in [0, 0.1) is 32.8 Å². The summed E-state index contributed by atoms with van der Waals surface area (Å²) in [5, 5.41) is 29.5. The zero-order valence-corrected chi connectivity index (χ0v) is 13.3. The smallest absolute Gasteiger partial charge is 0.276 e. The van der Waals surface area contributed by atoms with E-state index in [9.17, 15) is 20.6 Å². The molecule has 0 atom stereocenters. The predicted molar refractivity (Wildman–Crippen MR) is 93.3 cm³/mol. The zero-order valence-electron chi connectivity index (χ0n) is 13.3. The fourth-order valence-corrected chi connectivity index (χ4v) is 2.21. The van der Waals surface area contributed by atoms with Crippen LogP contribution >= 0.6 is 0 Å². The first-order chi connectivity index (χ1) is 12.1. The van der Waals surface area contributed by atoms with Crippen LogP contribution in [0.2, 0.25) is 0 Å². The molecule has 2 rings (SSSR count). The maximum Gasteiger partial charge on any atom is 0.276 e. The molecule has 0 N–H and O–H groups in total. The van der Waals surface area contributed by atoms with E-state index in [1.165, 1.54) is 25.3 Å². The Morgan fingerprint density at radius 1 is 1.12 bits per heavy atom. The molecule has 0 aliphatic rings. The molecule has 6 nitrogen and oxygen atoms in total. The molecule has 0 aliphatic carbocycles. The molecule has 0 bridgehead atoms. The van der Waals surface area contributed by atoms with Crippen LogP contribution in [0.3, 0.4) is 0 Å². The van der Waals surface area contributed by atoms with E-state index in [1.54, 1.807) is 42.5 Å². The van der Waals surface area contributed by atoms with Crippen molar-refractivity contribution in [2.75, 3.05) is 7.11 Å². The number of nitrogens with zero attached hydrogens (tertiary/aromatic N) is 3. The van der Waals surface area contributed by atoms with E-state index in [0.29, 0.717) is 22.4 Å². The minimum Gasteiger partial charge on any atom is -0.497 e. The fourth-order valence-electron chi connectivity index (χ4n) is 2.21. The molecule has 6 heteroatoms. The standard InChI is InChI=1S/C19H13N3O3/c1-25-17-9-6-14(7-10-17)18(16(12-20)13-21)11-8-15-4-2-3-5-19(15)22(23)24/h2-11H,1H3/b11-8+. The molecule has 0 fully saturated rings. The number of nitro groups is 1. The molecule has 25 heavy (non-hydrogen) atoms. The van der Waals surface area contributed by atoms with E-state index in [2.05, 4.69) is 0 Å². The summed E-state index contributed by atoms with van der Waals surface area (Å²) >= 11 is 0. The first kappa shape index (κ1) is 17.5. The number of hydrogen-bond donors (Lipinski definition) is 0. The van der Waals surface area contributed by atoms with Crippen molar-refractivity contribution in [3.8, 4) is 17.9 Å². The summed E-state index contributed by atoms with van der Waals surface area (Å²) in [6.07, 6.45) is 3.05. The van der Waals surface area contributed by atoms with Crippen molar-refractivity contribution in [2.24, 2.45) is 0 Å². The monoisotopic (exact) mass is 331 g/mol. The van der Waals surface area contributed by atoms with E-state index < -0.39 is 4.92 Å². The highest BCUT2D eigenvalue weighted by atomic mass is 16.6. The number of rotatable bonds is 5. The first-order valence-corrected chi connectivity index (χ1v) is 7.21. The zero-order chi connectivity index (χ0) is 18.2. The number of benzene rings is 2. The van der Waals surface area contributed by atoms with Crippen LogP contribution in [0.25, 0.3) is 11.6 Å². The van der Waals surface area contributed by atoms with Gasteiger partial charge >= 0.3 is 0 Å². The lowest BCUT2D eigenvalue weighted by Gasteiger charge is -2.05. The third-order valence-electron chi connectivity index (χ3n) is 3.46. The van der Waals surface area contributed by atoms with Crippen LogP contribution in [-0.2, 0) is 0 Å². The Kier molecular flexibility index (Phi) is 5.65. The normalized spacial score (nSPS) is 9.88. The Hall–Kier alpha value is -3.90. The van der Waals surface area contributed by atoms with Gasteiger partial charge in [-0.05, 0) is 29.8 Å². The molecule has 0 radical (unpaired) electrons. The molecule has 2 aromatic carbocycles. The van der Waals surface area contributed by atoms with E-state index in [-0.39, 0.29) is 11.3 Å². The average Bonchev–Trinajstić information content (AvgIpc) is 2.65. The number of allylic oxidation sites excluding steroid dienone is 3. The number of ether oxygens (including phenoxy) is 1. The average molecular weight is 331 g/mol. The number of para-hydroxylation sites is 1. The van der Waals surface area contributed by atoms with Gasteiger partial charge in [-0.25, -0.2) is 0 Å². The van der Waals surface area contributed by atoms with Gasteiger partial charge in [0.1, 0.15) is 23.5 Å². The molecule has 0 saturated carbocycles. The molecule has 0 unspecified atom stereocenters. The fraction of sp³-hybridized carbons (Fsp3) is 0.0526. The van der Waals surface area contributed by atoms with Crippen LogP contribution in [0.5, 0.6) is 5.75 Å². The van der Waals surface area contributed by atoms with Gasteiger partial charge < -0.3 is 4.74 Å². The molecule has 2 aromatic rings. The quantitative estimate of drug-likeness (QED) is 0.355. The van der Waals surface area contributed by atoms with Gasteiger partial charge in [0.05, 0.1) is 17.6 Å². The second kappa shape index (κ2) is 8.09. The van der Waals surface area contributed by atoms with Crippen molar-refractivity contribution in [1.29, 1.82) is 10.5 Å². The lowest BCUT2D eigenvalue weighted by atomic mass is 9.99. The molecule has 122 valence electrons. The van der Waals surface area contributed by atoms with Crippen LogP contribution in [0.15, 0.2) is 60.2 Å². The van der Waals surface area contributed by atoms with Crippen LogP contribution in [0.4, 0.5) is 5.69 Å². The molecule has 0 heterocycles.